The molecule has 1 aromatic heterocycles. The van der Waals surface area contributed by atoms with Crippen LogP contribution in [0.5, 0.6) is 0 Å². The lowest BCUT2D eigenvalue weighted by Gasteiger charge is -2.35. The molecule has 0 bridgehead atoms. The van der Waals surface area contributed by atoms with E-state index in [2.05, 4.69) is 4.98 Å². The molecular weight excluding hydrogens is 474 g/mol. The summed E-state index contributed by atoms with van der Waals surface area (Å²) in [5, 5.41) is 0.884. The van der Waals surface area contributed by atoms with Gasteiger partial charge in [0.05, 0.1) is 33.9 Å². The highest BCUT2D eigenvalue weighted by molar-refractivity contribution is 6.36. The first-order chi connectivity index (χ1) is 15.9. The Balaban J connectivity index is 1.43. The average molecular weight is 497 g/mol. The van der Waals surface area contributed by atoms with Crippen molar-refractivity contribution in [1.29, 1.82) is 0 Å². The molecule has 2 saturated heterocycles. The van der Waals surface area contributed by atoms with Crippen LogP contribution in [0, 0.1) is 5.82 Å². The lowest BCUT2D eigenvalue weighted by molar-refractivity contribution is 0.0741. The number of pyridine rings is 1. The monoisotopic (exact) mass is 496 g/mol. The van der Waals surface area contributed by atoms with E-state index in [1.54, 1.807) is 17.0 Å². The number of aromatic nitrogens is 1. The van der Waals surface area contributed by atoms with Crippen molar-refractivity contribution in [3.8, 4) is 0 Å². The number of rotatable bonds is 6. The van der Waals surface area contributed by atoms with Crippen molar-refractivity contribution in [3.05, 3.63) is 51.9 Å². The van der Waals surface area contributed by atoms with E-state index in [4.69, 9.17) is 32.7 Å². The topological polar surface area (TPSA) is 75.2 Å². The fourth-order valence-electron chi connectivity index (χ4n) is 3.91. The summed E-state index contributed by atoms with van der Waals surface area (Å²) >= 11 is 12.1. The van der Waals surface area contributed by atoms with Gasteiger partial charge in [-0.3, -0.25) is 9.69 Å². The summed E-state index contributed by atoms with van der Waals surface area (Å²) in [4.78, 5) is 34.3. The van der Waals surface area contributed by atoms with Gasteiger partial charge >= 0.3 is 6.09 Å². The summed E-state index contributed by atoms with van der Waals surface area (Å²) in [7, 11) is 0. The number of carbonyl (C=O) groups excluding carboxylic acids is 2. The second kappa shape index (κ2) is 10.1. The number of halogens is 3. The van der Waals surface area contributed by atoms with E-state index in [0.717, 1.165) is 0 Å². The molecule has 33 heavy (non-hydrogen) atoms. The number of benzene rings is 1. The van der Waals surface area contributed by atoms with E-state index >= 15 is 0 Å². The largest absolute Gasteiger partial charge is 0.447 e. The number of anilines is 2. The first kappa shape index (κ1) is 23.5. The van der Waals surface area contributed by atoms with Crippen LogP contribution in [0.1, 0.15) is 17.3 Å². The highest BCUT2D eigenvalue weighted by atomic mass is 35.5. The zero-order valence-corrected chi connectivity index (χ0v) is 19.5. The summed E-state index contributed by atoms with van der Waals surface area (Å²) in [6, 6.07) is 5.41. The maximum atomic E-state index is 14.9. The van der Waals surface area contributed by atoms with Crippen LogP contribution in [-0.2, 0) is 9.47 Å². The minimum atomic E-state index is -0.697. The van der Waals surface area contributed by atoms with Gasteiger partial charge in [-0.25, -0.2) is 14.2 Å². The second-order valence-electron chi connectivity index (χ2n) is 7.66. The first-order valence-corrected chi connectivity index (χ1v) is 11.3. The number of hydrogen-bond acceptors (Lipinski definition) is 6. The zero-order chi connectivity index (χ0) is 23.5. The van der Waals surface area contributed by atoms with Crippen LogP contribution < -0.4 is 9.80 Å². The summed E-state index contributed by atoms with van der Waals surface area (Å²) in [5.41, 5.74) is 0.272. The number of cyclic esters (lactones) is 1. The molecule has 0 spiro atoms. The quantitative estimate of drug-likeness (QED) is 0.604. The number of hydrogen-bond donors (Lipinski definition) is 0. The molecule has 3 heterocycles. The van der Waals surface area contributed by atoms with Crippen molar-refractivity contribution >= 4 is 46.7 Å². The lowest BCUT2D eigenvalue weighted by atomic mass is 10.1. The Labute approximate surface area is 200 Å². The van der Waals surface area contributed by atoms with Gasteiger partial charge in [-0.15, -0.1) is 0 Å². The van der Waals surface area contributed by atoms with E-state index in [0.29, 0.717) is 54.3 Å². The molecule has 0 aliphatic carbocycles. The Hall–Kier alpha value is -2.62. The molecule has 8 nitrogen and oxygen atoms in total. The molecular formula is C22H23Cl2FN4O4. The lowest BCUT2D eigenvalue weighted by Crippen LogP contribution is -2.49. The van der Waals surface area contributed by atoms with Gasteiger partial charge in [-0.2, -0.15) is 0 Å². The van der Waals surface area contributed by atoms with Crippen molar-refractivity contribution in [1.82, 2.24) is 9.88 Å². The normalized spacial score (nSPS) is 18.6. The summed E-state index contributed by atoms with van der Waals surface area (Å²) in [6.45, 7) is 4.55. The van der Waals surface area contributed by atoms with Crippen LogP contribution in [-0.4, -0.2) is 73.9 Å². The summed E-state index contributed by atoms with van der Waals surface area (Å²) in [5.74, 6) is -0.510. The Bertz CT molecular complexity index is 1050. The molecule has 0 N–H and O–H groups in total. The van der Waals surface area contributed by atoms with Crippen molar-refractivity contribution in [3.63, 3.8) is 0 Å². The minimum Gasteiger partial charge on any atom is -0.447 e. The molecule has 0 saturated carbocycles. The summed E-state index contributed by atoms with van der Waals surface area (Å²) in [6.07, 6.45) is 0.954. The Kier molecular flexibility index (Phi) is 7.21. The van der Waals surface area contributed by atoms with Crippen LogP contribution in [0.2, 0.25) is 10.0 Å². The fourth-order valence-corrected chi connectivity index (χ4v) is 4.41. The zero-order valence-electron chi connectivity index (χ0n) is 18.0. The fraction of sp³-hybridized carbons (Fsp3) is 0.409. The Morgan fingerprint density at radius 1 is 1.24 bits per heavy atom. The molecule has 2 amide bonds. The van der Waals surface area contributed by atoms with Gasteiger partial charge in [0.2, 0.25) is 0 Å². The average Bonchev–Trinajstić information content (AvgIpc) is 3.17. The predicted molar refractivity (Wildman–Crippen MR) is 123 cm³/mol. The van der Waals surface area contributed by atoms with Gasteiger partial charge in [0.1, 0.15) is 18.2 Å². The standard InChI is InChI=1S/C22H23Cl2FN4O4/c1-2-32-12-16-13-33-22(31)29(16)15-3-4-17(19(25)10-15)21(30)28-7-5-27(6-8-28)20-18(24)9-14(23)11-26-20/h3-4,9-11,16H,2,5-8,12-13H2,1H3/t16-/m1/s1. The van der Waals surface area contributed by atoms with Crippen LogP contribution in [0.4, 0.5) is 20.7 Å². The van der Waals surface area contributed by atoms with Gasteiger partial charge in [-0.1, -0.05) is 23.2 Å². The molecule has 2 aromatic rings. The number of ether oxygens (including phenoxy) is 2. The van der Waals surface area contributed by atoms with E-state index in [1.807, 2.05) is 11.8 Å². The molecule has 4 rings (SSSR count). The Morgan fingerprint density at radius 3 is 2.67 bits per heavy atom. The number of carbonyl (C=O) groups is 2. The van der Waals surface area contributed by atoms with Crippen molar-refractivity contribution in [2.75, 3.05) is 55.8 Å². The third kappa shape index (κ3) is 5.00. The van der Waals surface area contributed by atoms with Gasteiger partial charge in [0.15, 0.2) is 0 Å². The van der Waals surface area contributed by atoms with Crippen LogP contribution in [0.3, 0.4) is 0 Å². The van der Waals surface area contributed by atoms with E-state index in [-0.39, 0.29) is 24.8 Å². The second-order valence-corrected chi connectivity index (χ2v) is 8.51. The van der Waals surface area contributed by atoms with Crippen molar-refractivity contribution < 1.29 is 23.5 Å². The summed E-state index contributed by atoms with van der Waals surface area (Å²) < 4.78 is 25.4. The SMILES string of the molecule is CCOC[C@@H]1COC(=O)N1c1ccc(C(=O)N2CCN(c3ncc(Cl)cc3Cl)CC2)c(F)c1. The van der Waals surface area contributed by atoms with Crippen LogP contribution in [0.15, 0.2) is 30.5 Å². The molecule has 0 radical (unpaired) electrons. The predicted octanol–water partition coefficient (Wildman–Crippen LogP) is 3.85. The van der Waals surface area contributed by atoms with Crippen LogP contribution >= 0.6 is 23.2 Å². The minimum absolute atomic E-state index is 0.0521. The number of piperazine rings is 1. The van der Waals surface area contributed by atoms with Crippen LogP contribution in [0.25, 0.3) is 0 Å². The van der Waals surface area contributed by atoms with Gasteiger partial charge in [0.25, 0.3) is 5.91 Å². The molecule has 0 unspecified atom stereocenters. The van der Waals surface area contributed by atoms with E-state index in [9.17, 15) is 14.0 Å². The third-order valence-corrected chi connectivity index (χ3v) is 6.08. The molecule has 1 aromatic carbocycles. The molecule has 176 valence electrons. The highest BCUT2D eigenvalue weighted by Gasteiger charge is 2.35. The smallest absolute Gasteiger partial charge is 0.414 e. The number of amides is 2. The maximum Gasteiger partial charge on any atom is 0.414 e. The Morgan fingerprint density at radius 2 is 2.00 bits per heavy atom. The van der Waals surface area contributed by atoms with Gasteiger partial charge < -0.3 is 19.3 Å². The molecule has 2 fully saturated rings. The molecule has 2 aliphatic heterocycles. The van der Waals surface area contributed by atoms with Gasteiger partial charge in [-0.05, 0) is 31.2 Å². The van der Waals surface area contributed by atoms with Gasteiger partial charge in [0, 0.05) is 39.0 Å². The maximum absolute atomic E-state index is 14.9. The highest BCUT2D eigenvalue weighted by Crippen LogP contribution is 2.28. The number of nitrogens with zero attached hydrogens (tertiary/aromatic N) is 4. The van der Waals surface area contributed by atoms with Crippen molar-refractivity contribution in [2.45, 2.75) is 13.0 Å². The molecule has 11 heteroatoms. The molecule has 1 atom stereocenters. The van der Waals surface area contributed by atoms with Crippen molar-refractivity contribution in [2.24, 2.45) is 0 Å². The molecule has 2 aliphatic rings. The van der Waals surface area contributed by atoms with E-state index in [1.165, 1.54) is 23.2 Å². The van der Waals surface area contributed by atoms with E-state index < -0.39 is 17.8 Å². The third-order valence-electron chi connectivity index (χ3n) is 5.59. The first-order valence-electron chi connectivity index (χ1n) is 10.6.